The average molecular weight is 279 g/mol. The van der Waals surface area contributed by atoms with E-state index in [1.807, 2.05) is 26.0 Å². The minimum Gasteiger partial charge on any atom is -0.481 e. The molecule has 0 aromatic heterocycles. The minimum absolute atomic E-state index is 0.0985. The highest BCUT2D eigenvalue weighted by atomic mass is 16.4. The fourth-order valence-electron chi connectivity index (χ4n) is 1.94. The summed E-state index contributed by atoms with van der Waals surface area (Å²) in [5.41, 5.74) is 6.74. The number of aliphatic carboxylic acids is 1. The molecule has 0 radical (unpaired) electrons. The van der Waals surface area contributed by atoms with E-state index in [0.717, 1.165) is 5.56 Å². The number of nitrogens with one attached hydrogen (secondary N) is 2. The number of carbonyl (C=O) groups excluding carboxylic acids is 1. The summed E-state index contributed by atoms with van der Waals surface area (Å²) in [6, 6.07) is 6.97. The van der Waals surface area contributed by atoms with Crippen molar-refractivity contribution in [2.24, 2.45) is 5.73 Å². The molecule has 0 fully saturated rings. The summed E-state index contributed by atoms with van der Waals surface area (Å²) in [7, 11) is 0. The lowest BCUT2D eigenvalue weighted by molar-refractivity contribution is -0.137. The third-order valence-corrected chi connectivity index (χ3v) is 3.00. The maximum Gasteiger partial charge on any atom is 0.316 e. The van der Waals surface area contributed by atoms with Crippen LogP contribution in [0.3, 0.4) is 0 Å². The van der Waals surface area contributed by atoms with Crippen LogP contribution in [0.15, 0.2) is 24.3 Å². The van der Waals surface area contributed by atoms with E-state index in [1.165, 1.54) is 0 Å². The van der Waals surface area contributed by atoms with Crippen LogP contribution < -0.4 is 16.4 Å². The van der Waals surface area contributed by atoms with Crippen molar-refractivity contribution in [2.45, 2.75) is 38.8 Å². The Hall–Kier alpha value is -2.08. The summed E-state index contributed by atoms with van der Waals surface area (Å²) in [5.74, 6) is -0.784. The van der Waals surface area contributed by atoms with Crippen molar-refractivity contribution in [1.29, 1.82) is 0 Å². The van der Waals surface area contributed by atoms with Gasteiger partial charge in [0.15, 0.2) is 0 Å². The van der Waals surface area contributed by atoms with Crippen LogP contribution in [-0.4, -0.2) is 23.1 Å². The predicted molar refractivity (Wildman–Crippen MR) is 77.5 cm³/mol. The molecule has 1 aromatic carbocycles. The second-order valence-corrected chi connectivity index (χ2v) is 4.83. The van der Waals surface area contributed by atoms with Crippen molar-refractivity contribution in [3.63, 3.8) is 0 Å². The van der Waals surface area contributed by atoms with Gasteiger partial charge in [-0.05, 0) is 38.0 Å². The van der Waals surface area contributed by atoms with Gasteiger partial charge in [0.2, 0.25) is 0 Å². The first-order valence-corrected chi connectivity index (χ1v) is 6.52. The Morgan fingerprint density at radius 1 is 1.25 bits per heavy atom. The molecule has 0 saturated heterocycles. The molecular formula is C14H21N3O3. The van der Waals surface area contributed by atoms with E-state index in [0.29, 0.717) is 12.1 Å². The SMILES string of the molecule is CC(CCC(=O)O)NC(C)c1ccc(NC(N)=O)cc1. The van der Waals surface area contributed by atoms with E-state index in [-0.39, 0.29) is 18.5 Å². The van der Waals surface area contributed by atoms with Crippen LogP contribution >= 0.6 is 0 Å². The molecule has 0 spiro atoms. The van der Waals surface area contributed by atoms with Gasteiger partial charge in [0.25, 0.3) is 0 Å². The molecule has 6 heteroatoms. The van der Waals surface area contributed by atoms with Gasteiger partial charge in [0, 0.05) is 24.2 Å². The number of hydrogen-bond acceptors (Lipinski definition) is 3. The van der Waals surface area contributed by atoms with Crippen molar-refractivity contribution in [2.75, 3.05) is 5.32 Å². The van der Waals surface area contributed by atoms with Gasteiger partial charge in [-0.2, -0.15) is 0 Å². The van der Waals surface area contributed by atoms with Crippen LogP contribution in [0.2, 0.25) is 0 Å². The fourth-order valence-corrected chi connectivity index (χ4v) is 1.94. The molecular weight excluding hydrogens is 258 g/mol. The van der Waals surface area contributed by atoms with Gasteiger partial charge >= 0.3 is 12.0 Å². The smallest absolute Gasteiger partial charge is 0.316 e. The first-order valence-electron chi connectivity index (χ1n) is 6.52. The predicted octanol–water partition coefficient (Wildman–Crippen LogP) is 2.08. The van der Waals surface area contributed by atoms with Crippen molar-refractivity contribution in [3.05, 3.63) is 29.8 Å². The topological polar surface area (TPSA) is 104 Å². The van der Waals surface area contributed by atoms with Crippen LogP contribution in [0.1, 0.15) is 38.3 Å². The van der Waals surface area contributed by atoms with Gasteiger partial charge in [-0.1, -0.05) is 12.1 Å². The van der Waals surface area contributed by atoms with E-state index < -0.39 is 12.0 Å². The van der Waals surface area contributed by atoms with Crippen LogP contribution in [0.25, 0.3) is 0 Å². The molecule has 0 bridgehead atoms. The van der Waals surface area contributed by atoms with Crippen molar-refractivity contribution >= 4 is 17.7 Å². The Balaban J connectivity index is 2.52. The Kier molecular flexibility index (Phi) is 5.99. The monoisotopic (exact) mass is 279 g/mol. The number of carboxylic acid groups (broad SMARTS) is 1. The second kappa shape index (κ2) is 7.49. The number of primary amides is 1. The van der Waals surface area contributed by atoms with Crippen LogP contribution in [0.4, 0.5) is 10.5 Å². The van der Waals surface area contributed by atoms with E-state index in [1.54, 1.807) is 12.1 Å². The molecule has 6 nitrogen and oxygen atoms in total. The molecule has 1 rings (SSSR count). The lowest BCUT2D eigenvalue weighted by Gasteiger charge is -2.20. The first-order chi connectivity index (χ1) is 9.38. The van der Waals surface area contributed by atoms with Gasteiger partial charge in [-0.3, -0.25) is 4.79 Å². The molecule has 0 saturated carbocycles. The Labute approximate surface area is 118 Å². The summed E-state index contributed by atoms with van der Waals surface area (Å²) in [6.07, 6.45) is 0.739. The highest BCUT2D eigenvalue weighted by Gasteiger charge is 2.11. The zero-order valence-corrected chi connectivity index (χ0v) is 11.7. The molecule has 0 aliphatic carbocycles. The molecule has 2 unspecified atom stereocenters. The molecule has 110 valence electrons. The molecule has 0 aliphatic rings. The third kappa shape index (κ3) is 5.71. The van der Waals surface area contributed by atoms with Gasteiger partial charge < -0.3 is 21.5 Å². The lowest BCUT2D eigenvalue weighted by Crippen LogP contribution is -2.29. The Bertz CT molecular complexity index is 459. The number of benzene rings is 1. The zero-order chi connectivity index (χ0) is 15.1. The van der Waals surface area contributed by atoms with Crippen molar-refractivity contribution < 1.29 is 14.7 Å². The fraction of sp³-hybridized carbons (Fsp3) is 0.429. The highest BCUT2D eigenvalue weighted by Crippen LogP contribution is 2.17. The number of rotatable bonds is 7. The number of anilines is 1. The quantitative estimate of drug-likeness (QED) is 0.613. The Morgan fingerprint density at radius 2 is 1.85 bits per heavy atom. The van der Waals surface area contributed by atoms with Crippen molar-refractivity contribution in [3.8, 4) is 0 Å². The Morgan fingerprint density at radius 3 is 2.35 bits per heavy atom. The summed E-state index contributed by atoms with van der Waals surface area (Å²) >= 11 is 0. The molecule has 20 heavy (non-hydrogen) atoms. The maximum atomic E-state index is 10.7. The van der Waals surface area contributed by atoms with Gasteiger partial charge in [0.1, 0.15) is 0 Å². The highest BCUT2D eigenvalue weighted by molar-refractivity contribution is 5.87. The van der Waals surface area contributed by atoms with Crippen molar-refractivity contribution in [1.82, 2.24) is 5.32 Å². The van der Waals surface area contributed by atoms with E-state index in [4.69, 9.17) is 10.8 Å². The zero-order valence-electron chi connectivity index (χ0n) is 11.7. The minimum atomic E-state index is -0.784. The summed E-state index contributed by atoms with van der Waals surface area (Å²) in [6.45, 7) is 3.97. The molecule has 0 heterocycles. The average Bonchev–Trinajstić information content (AvgIpc) is 2.36. The van der Waals surface area contributed by atoms with Crippen LogP contribution in [0, 0.1) is 0 Å². The summed E-state index contributed by atoms with van der Waals surface area (Å²) in [5, 5.41) is 14.5. The summed E-state index contributed by atoms with van der Waals surface area (Å²) in [4.78, 5) is 21.2. The maximum absolute atomic E-state index is 10.7. The van der Waals surface area contributed by atoms with E-state index in [9.17, 15) is 9.59 Å². The molecule has 0 aliphatic heterocycles. The molecule has 1 aromatic rings. The van der Waals surface area contributed by atoms with Crippen LogP contribution in [0.5, 0.6) is 0 Å². The van der Waals surface area contributed by atoms with Gasteiger partial charge in [0.05, 0.1) is 0 Å². The van der Waals surface area contributed by atoms with E-state index >= 15 is 0 Å². The number of nitrogens with two attached hydrogens (primary N) is 1. The number of carbonyl (C=O) groups is 2. The number of carboxylic acids is 1. The normalized spacial score (nSPS) is 13.5. The van der Waals surface area contributed by atoms with Gasteiger partial charge in [-0.15, -0.1) is 0 Å². The first kappa shape index (κ1) is 16.0. The van der Waals surface area contributed by atoms with Crippen LogP contribution in [-0.2, 0) is 4.79 Å². The second-order valence-electron chi connectivity index (χ2n) is 4.83. The third-order valence-electron chi connectivity index (χ3n) is 3.00. The van der Waals surface area contributed by atoms with E-state index in [2.05, 4.69) is 10.6 Å². The summed E-state index contributed by atoms with van der Waals surface area (Å²) < 4.78 is 0. The number of amides is 2. The van der Waals surface area contributed by atoms with Gasteiger partial charge in [-0.25, -0.2) is 4.79 Å². The molecule has 5 N–H and O–H groups in total. The standard InChI is InChI=1S/C14H21N3O3/c1-9(3-8-13(18)19)16-10(2)11-4-6-12(7-5-11)17-14(15)20/h4-7,9-10,16H,3,8H2,1-2H3,(H,18,19)(H3,15,17,20). The molecule has 2 amide bonds. The molecule has 2 atom stereocenters. The number of urea groups is 1. The number of hydrogen-bond donors (Lipinski definition) is 4. The largest absolute Gasteiger partial charge is 0.481 e. The lowest BCUT2D eigenvalue weighted by atomic mass is 10.1.